The molecule has 0 aromatic rings. The number of hydrogen-bond donors (Lipinski definition) is 0. The molecular weight excluding hydrogens is 448 g/mol. The van der Waals surface area contributed by atoms with Gasteiger partial charge in [0.2, 0.25) is 0 Å². The maximum Gasteiger partial charge on any atom is 0.302 e. The lowest BCUT2D eigenvalue weighted by Crippen LogP contribution is -2.54. The summed E-state index contributed by atoms with van der Waals surface area (Å²) in [6.45, 7) is 15.0. The molecule has 4 aliphatic rings. The summed E-state index contributed by atoms with van der Waals surface area (Å²) in [6.07, 6.45) is 15.1. The normalized spacial score (nSPS) is 38.2. The molecule has 2 unspecified atom stereocenters. The number of rotatable bonds is 7. The highest BCUT2D eigenvalue weighted by Gasteiger charge is 2.61. The van der Waals surface area contributed by atoms with Crippen molar-refractivity contribution in [2.45, 2.75) is 137 Å². The Morgan fingerprint density at radius 3 is 2.44 bits per heavy atom. The van der Waals surface area contributed by atoms with E-state index < -0.39 is 5.60 Å². The first-order valence-corrected chi connectivity index (χ1v) is 15.0. The second-order valence-corrected chi connectivity index (χ2v) is 14.0. The van der Waals surface area contributed by atoms with E-state index in [-0.39, 0.29) is 22.9 Å². The van der Waals surface area contributed by atoms with E-state index in [2.05, 4.69) is 39.5 Å². The third-order valence-electron chi connectivity index (χ3n) is 10.7. The lowest BCUT2D eigenvalue weighted by atomic mass is 9.44. The van der Waals surface area contributed by atoms with Crippen LogP contribution < -0.4 is 0 Å². The van der Waals surface area contributed by atoms with Crippen molar-refractivity contribution in [1.29, 1.82) is 0 Å². The fourth-order valence-electron chi connectivity index (χ4n) is 8.98. The number of esters is 1. The van der Waals surface area contributed by atoms with Gasteiger partial charge in [0, 0.05) is 18.3 Å². The Morgan fingerprint density at radius 1 is 0.944 bits per heavy atom. The van der Waals surface area contributed by atoms with E-state index in [4.69, 9.17) is 14.5 Å². The maximum atomic E-state index is 12.0. The Hall–Kier alpha value is -1.05. The van der Waals surface area contributed by atoms with Gasteiger partial charge < -0.3 is 4.74 Å². The van der Waals surface area contributed by atoms with Crippen molar-refractivity contribution in [3.8, 4) is 11.8 Å². The second-order valence-electron chi connectivity index (χ2n) is 14.0. The SMILES string of the molecule is CCCC(C)(C)OOC(C)(C)C#CC1CC[C@H]2[C@@H]3CCC4CCCC[C@]4(C)[C@H]3CC[C@]12COC(C)=O. The molecule has 0 aromatic carbocycles. The van der Waals surface area contributed by atoms with E-state index >= 15 is 0 Å². The van der Waals surface area contributed by atoms with Gasteiger partial charge in [-0.1, -0.05) is 45.0 Å². The van der Waals surface area contributed by atoms with Gasteiger partial charge >= 0.3 is 5.97 Å². The smallest absolute Gasteiger partial charge is 0.302 e. The molecule has 0 N–H and O–H groups in total. The van der Waals surface area contributed by atoms with Gasteiger partial charge in [0.25, 0.3) is 0 Å². The molecule has 0 radical (unpaired) electrons. The quantitative estimate of drug-likeness (QED) is 0.154. The largest absolute Gasteiger partial charge is 0.465 e. The van der Waals surface area contributed by atoms with Crippen LogP contribution in [0.1, 0.15) is 126 Å². The van der Waals surface area contributed by atoms with Crippen LogP contribution >= 0.6 is 0 Å². The van der Waals surface area contributed by atoms with Crippen LogP contribution in [0.15, 0.2) is 0 Å². The predicted octanol–water partition coefficient (Wildman–Crippen LogP) is 7.89. The van der Waals surface area contributed by atoms with Gasteiger partial charge in [0.1, 0.15) is 0 Å². The summed E-state index contributed by atoms with van der Waals surface area (Å²) < 4.78 is 5.82. The van der Waals surface area contributed by atoms with Crippen LogP contribution in [0.3, 0.4) is 0 Å². The van der Waals surface area contributed by atoms with Crippen LogP contribution in [-0.2, 0) is 19.3 Å². The summed E-state index contributed by atoms with van der Waals surface area (Å²) in [4.78, 5) is 23.6. The summed E-state index contributed by atoms with van der Waals surface area (Å²) in [7, 11) is 0. The first-order valence-electron chi connectivity index (χ1n) is 15.0. The summed E-state index contributed by atoms with van der Waals surface area (Å²) in [6, 6.07) is 0. The number of carbonyl (C=O) groups excluding carboxylic acids is 1. The lowest BCUT2D eigenvalue weighted by molar-refractivity contribution is -0.389. The van der Waals surface area contributed by atoms with Gasteiger partial charge in [-0.05, 0) is 115 Å². The van der Waals surface area contributed by atoms with Crippen molar-refractivity contribution in [3.05, 3.63) is 0 Å². The average molecular weight is 501 g/mol. The molecule has 4 fully saturated rings. The highest BCUT2D eigenvalue weighted by atomic mass is 17.2. The third-order valence-corrected chi connectivity index (χ3v) is 10.7. The van der Waals surface area contributed by atoms with Crippen molar-refractivity contribution in [3.63, 3.8) is 0 Å². The molecule has 204 valence electrons. The van der Waals surface area contributed by atoms with E-state index in [0.29, 0.717) is 17.9 Å². The zero-order chi connectivity index (χ0) is 26.2. The van der Waals surface area contributed by atoms with Crippen molar-refractivity contribution < 1.29 is 19.3 Å². The Balaban J connectivity index is 1.55. The fraction of sp³-hybridized carbons (Fsp3) is 0.906. The summed E-state index contributed by atoms with van der Waals surface area (Å²) in [5.41, 5.74) is -0.515. The monoisotopic (exact) mass is 500 g/mol. The van der Waals surface area contributed by atoms with Crippen molar-refractivity contribution in [2.75, 3.05) is 6.61 Å². The minimum Gasteiger partial charge on any atom is -0.465 e. The summed E-state index contributed by atoms with van der Waals surface area (Å²) in [5, 5.41) is 0. The molecule has 0 saturated heterocycles. The molecule has 0 spiro atoms. The molecule has 4 aliphatic carbocycles. The Bertz CT molecular complexity index is 850. The van der Waals surface area contributed by atoms with Crippen LogP contribution in [-0.4, -0.2) is 23.8 Å². The first kappa shape index (κ1) is 28.0. The zero-order valence-electron chi connectivity index (χ0n) is 24.2. The van der Waals surface area contributed by atoms with Gasteiger partial charge in [-0.25, -0.2) is 9.78 Å². The topological polar surface area (TPSA) is 44.8 Å². The Labute approximate surface area is 220 Å². The lowest BCUT2D eigenvalue weighted by Gasteiger charge is -2.60. The average Bonchev–Trinajstić information content (AvgIpc) is 3.19. The molecule has 0 amide bonds. The molecule has 0 bridgehead atoms. The molecule has 0 heterocycles. The maximum absolute atomic E-state index is 12.0. The number of hydrogen-bond acceptors (Lipinski definition) is 4. The number of carbonyl (C=O) groups is 1. The van der Waals surface area contributed by atoms with Crippen LogP contribution in [0.25, 0.3) is 0 Å². The van der Waals surface area contributed by atoms with E-state index in [9.17, 15) is 4.79 Å². The fourth-order valence-corrected chi connectivity index (χ4v) is 8.98. The molecule has 36 heavy (non-hydrogen) atoms. The van der Waals surface area contributed by atoms with Crippen LogP contribution in [0.4, 0.5) is 0 Å². The van der Waals surface area contributed by atoms with Crippen LogP contribution in [0.5, 0.6) is 0 Å². The molecule has 4 saturated carbocycles. The molecular formula is C32H52O4. The van der Waals surface area contributed by atoms with Crippen molar-refractivity contribution in [1.82, 2.24) is 0 Å². The van der Waals surface area contributed by atoms with Gasteiger partial charge in [0.15, 0.2) is 5.60 Å². The van der Waals surface area contributed by atoms with Gasteiger partial charge in [-0.3, -0.25) is 4.79 Å². The predicted molar refractivity (Wildman–Crippen MR) is 144 cm³/mol. The standard InChI is InChI=1S/C32H52O4/c1-8-18-29(3,4)35-36-30(5,6)20-16-25-13-15-28-26-14-12-24-11-9-10-19-31(24,7)27(26)17-21-32(25,28)22-34-23(2)33/h24-28H,8-15,17-19,21-22H2,1-7H3/t24?,25?,26-,27+,28+,31+,32+/m1/s1. The van der Waals surface area contributed by atoms with Crippen molar-refractivity contribution in [2.24, 2.45) is 40.4 Å². The summed E-state index contributed by atoms with van der Waals surface area (Å²) in [5.74, 6) is 10.3. The number of fused-ring (bicyclic) bond motifs is 5. The van der Waals surface area contributed by atoms with E-state index in [0.717, 1.165) is 43.4 Å². The minimum absolute atomic E-state index is 0.0177. The Kier molecular flexibility index (Phi) is 8.24. The van der Waals surface area contributed by atoms with E-state index in [1.807, 2.05) is 13.8 Å². The Morgan fingerprint density at radius 2 is 1.72 bits per heavy atom. The highest BCUT2D eigenvalue weighted by molar-refractivity contribution is 5.66. The molecule has 0 aromatic heterocycles. The van der Waals surface area contributed by atoms with E-state index in [1.54, 1.807) is 6.92 Å². The summed E-state index contributed by atoms with van der Waals surface area (Å²) >= 11 is 0. The van der Waals surface area contributed by atoms with Crippen LogP contribution in [0, 0.1) is 52.3 Å². The van der Waals surface area contributed by atoms with E-state index in [1.165, 1.54) is 51.4 Å². The first-order chi connectivity index (χ1) is 16.9. The molecule has 4 rings (SSSR count). The third kappa shape index (κ3) is 5.54. The molecule has 7 atom stereocenters. The van der Waals surface area contributed by atoms with Gasteiger partial charge in [-0.2, -0.15) is 0 Å². The molecule has 4 nitrogen and oxygen atoms in total. The number of ether oxygens (including phenoxy) is 1. The molecule has 0 aliphatic heterocycles. The molecule has 4 heteroatoms. The van der Waals surface area contributed by atoms with Crippen molar-refractivity contribution >= 4 is 5.97 Å². The minimum atomic E-state index is -0.684. The highest BCUT2D eigenvalue weighted by Crippen LogP contribution is 2.67. The van der Waals surface area contributed by atoms with Crippen LogP contribution in [0.2, 0.25) is 0 Å². The zero-order valence-corrected chi connectivity index (χ0v) is 24.2. The second kappa shape index (κ2) is 10.6. The van der Waals surface area contributed by atoms with Gasteiger partial charge in [0.05, 0.1) is 12.2 Å². The van der Waals surface area contributed by atoms with Gasteiger partial charge in [-0.15, -0.1) is 0 Å².